The molecule has 2 fully saturated rings. The van der Waals surface area contributed by atoms with Crippen LogP contribution in [0, 0.1) is 0 Å². The summed E-state index contributed by atoms with van der Waals surface area (Å²) >= 11 is 0. The van der Waals surface area contributed by atoms with Gasteiger partial charge >= 0.3 is 0 Å². The van der Waals surface area contributed by atoms with Gasteiger partial charge in [0.15, 0.2) is 0 Å². The maximum absolute atomic E-state index is 12.6. The summed E-state index contributed by atoms with van der Waals surface area (Å²) < 4.78 is 26.7. The molecule has 0 bridgehead atoms. The number of nitrogens with one attached hydrogen (secondary N) is 1. The molecular formula is C23H27N3O4S. The van der Waals surface area contributed by atoms with E-state index >= 15 is 0 Å². The average molecular weight is 442 g/mol. The standard InChI is InChI=1S/C23H27N3O4S/c27-22-4-3-13-25(22)17-19-7-5-18(6-8-19)16-24-23(28)20-9-11-21(12-10-20)31(29,30)26-14-1-2-15-26/h5-12H,1-4,13-17H2,(H,24,28). The van der Waals surface area contributed by atoms with Crippen LogP contribution in [0.3, 0.4) is 0 Å². The third-order valence-corrected chi connectivity index (χ3v) is 7.75. The number of rotatable bonds is 7. The van der Waals surface area contributed by atoms with E-state index in [9.17, 15) is 18.0 Å². The summed E-state index contributed by atoms with van der Waals surface area (Å²) in [6.45, 7) is 2.91. The van der Waals surface area contributed by atoms with Crippen molar-refractivity contribution in [2.24, 2.45) is 0 Å². The van der Waals surface area contributed by atoms with Crippen LogP contribution < -0.4 is 5.32 Å². The molecule has 0 radical (unpaired) electrons. The predicted molar refractivity (Wildman–Crippen MR) is 117 cm³/mol. The third-order valence-electron chi connectivity index (χ3n) is 5.84. The molecule has 2 saturated heterocycles. The summed E-state index contributed by atoms with van der Waals surface area (Å²) in [5, 5.41) is 2.86. The Labute approximate surface area is 183 Å². The van der Waals surface area contributed by atoms with Crippen molar-refractivity contribution in [1.82, 2.24) is 14.5 Å². The highest BCUT2D eigenvalue weighted by Crippen LogP contribution is 2.21. The zero-order valence-electron chi connectivity index (χ0n) is 17.4. The van der Waals surface area contributed by atoms with Crippen molar-refractivity contribution in [1.29, 1.82) is 0 Å². The summed E-state index contributed by atoms with van der Waals surface area (Å²) in [6, 6.07) is 13.9. The number of benzene rings is 2. The lowest BCUT2D eigenvalue weighted by Crippen LogP contribution is -2.28. The van der Waals surface area contributed by atoms with E-state index in [1.807, 2.05) is 29.2 Å². The molecule has 2 heterocycles. The molecule has 0 aromatic heterocycles. The Bertz CT molecular complexity index is 1040. The summed E-state index contributed by atoms with van der Waals surface area (Å²) in [5.41, 5.74) is 2.45. The van der Waals surface area contributed by atoms with E-state index in [4.69, 9.17) is 0 Å². The van der Waals surface area contributed by atoms with Crippen LogP contribution in [0.5, 0.6) is 0 Å². The van der Waals surface area contributed by atoms with E-state index in [2.05, 4.69) is 5.32 Å². The van der Waals surface area contributed by atoms with Gasteiger partial charge in [-0.2, -0.15) is 4.31 Å². The second kappa shape index (κ2) is 9.20. The van der Waals surface area contributed by atoms with Crippen LogP contribution in [-0.2, 0) is 27.9 Å². The quantitative estimate of drug-likeness (QED) is 0.715. The van der Waals surface area contributed by atoms with Gasteiger partial charge in [0.1, 0.15) is 0 Å². The first-order valence-corrected chi connectivity index (χ1v) is 12.1. The van der Waals surface area contributed by atoms with Gasteiger partial charge in [-0.15, -0.1) is 0 Å². The van der Waals surface area contributed by atoms with Gasteiger partial charge < -0.3 is 10.2 Å². The molecule has 2 aliphatic rings. The molecule has 2 aromatic rings. The summed E-state index contributed by atoms with van der Waals surface area (Å²) in [5.74, 6) is -0.0487. The fourth-order valence-corrected chi connectivity index (χ4v) is 5.51. The molecule has 0 saturated carbocycles. The van der Waals surface area contributed by atoms with E-state index < -0.39 is 10.0 Å². The van der Waals surface area contributed by atoms with Gasteiger partial charge in [-0.25, -0.2) is 8.42 Å². The number of likely N-dealkylation sites (tertiary alicyclic amines) is 1. The van der Waals surface area contributed by atoms with Gasteiger partial charge in [0.25, 0.3) is 5.91 Å². The topological polar surface area (TPSA) is 86.8 Å². The normalized spacial score (nSPS) is 17.3. The molecule has 164 valence electrons. The number of carbonyl (C=O) groups excluding carboxylic acids is 2. The van der Waals surface area contributed by atoms with Crippen molar-refractivity contribution in [3.05, 3.63) is 65.2 Å². The van der Waals surface area contributed by atoms with Gasteiger partial charge in [-0.05, 0) is 54.7 Å². The minimum atomic E-state index is -3.48. The lowest BCUT2D eigenvalue weighted by Gasteiger charge is -2.16. The molecule has 0 spiro atoms. The molecule has 2 amide bonds. The van der Waals surface area contributed by atoms with Crippen LogP contribution in [0.25, 0.3) is 0 Å². The minimum Gasteiger partial charge on any atom is -0.348 e. The Morgan fingerprint density at radius 1 is 0.871 bits per heavy atom. The fraction of sp³-hybridized carbons (Fsp3) is 0.391. The van der Waals surface area contributed by atoms with E-state index in [1.165, 1.54) is 16.4 Å². The molecule has 7 nitrogen and oxygen atoms in total. The highest BCUT2D eigenvalue weighted by atomic mass is 32.2. The first-order chi connectivity index (χ1) is 14.9. The van der Waals surface area contributed by atoms with E-state index in [1.54, 1.807) is 12.1 Å². The molecule has 0 aliphatic carbocycles. The van der Waals surface area contributed by atoms with Crippen LogP contribution in [-0.4, -0.2) is 49.1 Å². The molecular weight excluding hydrogens is 414 g/mol. The largest absolute Gasteiger partial charge is 0.348 e. The maximum Gasteiger partial charge on any atom is 0.251 e. The maximum atomic E-state index is 12.6. The van der Waals surface area contributed by atoms with E-state index in [0.717, 1.165) is 36.9 Å². The molecule has 8 heteroatoms. The van der Waals surface area contributed by atoms with Crippen molar-refractivity contribution >= 4 is 21.8 Å². The predicted octanol–water partition coefficient (Wildman–Crippen LogP) is 2.52. The van der Waals surface area contributed by atoms with Crippen LogP contribution in [0.2, 0.25) is 0 Å². The molecule has 2 aliphatic heterocycles. The average Bonchev–Trinajstić information content (AvgIpc) is 3.46. The highest BCUT2D eigenvalue weighted by molar-refractivity contribution is 7.89. The SMILES string of the molecule is O=C(NCc1ccc(CN2CCCC2=O)cc1)c1ccc(S(=O)(=O)N2CCCC2)cc1. The van der Waals surface area contributed by atoms with Gasteiger partial charge in [0.2, 0.25) is 15.9 Å². The first-order valence-electron chi connectivity index (χ1n) is 10.7. The molecule has 0 atom stereocenters. The summed E-state index contributed by atoms with van der Waals surface area (Å²) in [6.07, 6.45) is 3.33. The molecule has 4 rings (SSSR count). The minimum absolute atomic E-state index is 0.204. The number of sulfonamides is 1. The molecule has 2 aromatic carbocycles. The highest BCUT2D eigenvalue weighted by Gasteiger charge is 2.27. The second-order valence-corrected chi connectivity index (χ2v) is 9.99. The zero-order chi connectivity index (χ0) is 21.8. The molecule has 1 N–H and O–H groups in total. The second-order valence-electron chi connectivity index (χ2n) is 8.05. The van der Waals surface area contributed by atoms with Crippen LogP contribution >= 0.6 is 0 Å². The molecule has 31 heavy (non-hydrogen) atoms. The van der Waals surface area contributed by atoms with Gasteiger partial charge in [-0.1, -0.05) is 24.3 Å². The zero-order valence-corrected chi connectivity index (χ0v) is 18.2. The summed E-state index contributed by atoms with van der Waals surface area (Å²) in [7, 11) is -3.48. The number of nitrogens with zero attached hydrogens (tertiary/aromatic N) is 2. The van der Waals surface area contributed by atoms with Crippen molar-refractivity contribution in [2.75, 3.05) is 19.6 Å². The number of hydrogen-bond donors (Lipinski definition) is 1. The Morgan fingerprint density at radius 3 is 2.13 bits per heavy atom. The van der Waals surface area contributed by atoms with Gasteiger partial charge in [0.05, 0.1) is 4.90 Å². The lowest BCUT2D eigenvalue weighted by molar-refractivity contribution is -0.128. The van der Waals surface area contributed by atoms with Crippen LogP contribution in [0.4, 0.5) is 0 Å². The smallest absolute Gasteiger partial charge is 0.251 e. The number of carbonyl (C=O) groups is 2. The Hall–Kier alpha value is -2.71. The van der Waals surface area contributed by atoms with E-state index in [0.29, 0.717) is 38.2 Å². The fourth-order valence-electron chi connectivity index (χ4n) is 3.99. The number of amides is 2. The van der Waals surface area contributed by atoms with Crippen LogP contribution in [0.15, 0.2) is 53.4 Å². The van der Waals surface area contributed by atoms with Crippen molar-refractivity contribution in [3.63, 3.8) is 0 Å². The van der Waals surface area contributed by atoms with Crippen molar-refractivity contribution in [2.45, 2.75) is 43.7 Å². The van der Waals surface area contributed by atoms with E-state index in [-0.39, 0.29) is 16.7 Å². The first kappa shape index (κ1) is 21.5. The van der Waals surface area contributed by atoms with Crippen molar-refractivity contribution < 1.29 is 18.0 Å². The van der Waals surface area contributed by atoms with Crippen molar-refractivity contribution in [3.8, 4) is 0 Å². The molecule has 0 unspecified atom stereocenters. The van der Waals surface area contributed by atoms with Gasteiger partial charge in [0, 0.05) is 44.7 Å². The van der Waals surface area contributed by atoms with Crippen LogP contribution in [0.1, 0.15) is 47.2 Å². The Kier molecular flexibility index (Phi) is 6.38. The number of hydrogen-bond acceptors (Lipinski definition) is 4. The third kappa shape index (κ3) is 4.97. The Morgan fingerprint density at radius 2 is 1.52 bits per heavy atom. The monoisotopic (exact) mass is 441 g/mol. The Balaban J connectivity index is 1.31. The van der Waals surface area contributed by atoms with Gasteiger partial charge in [-0.3, -0.25) is 9.59 Å². The lowest BCUT2D eigenvalue weighted by atomic mass is 10.1. The summed E-state index contributed by atoms with van der Waals surface area (Å²) in [4.78, 5) is 26.3.